The minimum Gasteiger partial charge on any atom is -0.497 e. The van der Waals surface area contributed by atoms with Crippen molar-refractivity contribution < 1.29 is 19.0 Å². The number of nitrogens with one attached hydrogen (secondary N) is 3. The Bertz CT molecular complexity index is 955. The van der Waals surface area contributed by atoms with Gasteiger partial charge in [0.1, 0.15) is 22.9 Å². The van der Waals surface area contributed by atoms with Crippen LogP contribution in [0.4, 0.5) is 11.6 Å². The van der Waals surface area contributed by atoms with E-state index in [1.54, 1.807) is 27.4 Å². The summed E-state index contributed by atoms with van der Waals surface area (Å²) in [6.07, 6.45) is 1.47. The topological polar surface area (TPSA) is 97.5 Å². The molecule has 0 spiro atoms. The number of anilines is 2. The van der Waals surface area contributed by atoms with Crippen LogP contribution in [0.3, 0.4) is 0 Å². The monoisotopic (exact) mass is 382 g/mol. The number of nitrogens with zero attached hydrogens (tertiary/aromatic N) is 1. The van der Waals surface area contributed by atoms with Crippen molar-refractivity contribution in [3.05, 3.63) is 59.9 Å². The van der Waals surface area contributed by atoms with Crippen LogP contribution in [-0.2, 0) is 6.54 Å². The van der Waals surface area contributed by atoms with Gasteiger partial charge in [-0.2, -0.15) is 0 Å². The number of H-pyrrole nitrogens is 1. The number of methoxy groups -OCH3 is 3. The van der Waals surface area contributed by atoms with Gasteiger partial charge in [0.2, 0.25) is 5.95 Å². The number of aromatic nitrogens is 2. The van der Waals surface area contributed by atoms with E-state index in [1.807, 2.05) is 36.4 Å². The first kappa shape index (κ1) is 19.1. The second kappa shape index (κ2) is 8.81. The number of hydrogen-bond donors (Lipinski definition) is 3. The number of amides is 1. The maximum atomic E-state index is 12.4. The Balaban J connectivity index is 1.65. The van der Waals surface area contributed by atoms with Gasteiger partial charge in [-0.15, -0.1) is 0 Å². The molecule has 0 unspecified atom stereocenters. The summed E-state index contributed by atoms with van der Waals surface area (Å²) in [6.45, 7) is 0.306. The molecule has 0 aliphatic rings. The fraction of sp³-hybridized carbons (Fsp3) is 0.200. The lowest BCUT2D eigenvalue weighted by atomic mass is 10.2. The molecule has 2 aromatic carbocycles. The van der Waals surface area contributed by atoms with Gasteiger partial charge in [-0.3, -0.25) is 4.79 Å². The number of imidazole rings is 1. The highest BCUT2D eigenvalue weighted by Gasteiger charge is 2.12. The molecular formula is C20H22N4O4. The highest BCUT2D eigenvalue weighted by molar-refractivity contribution is 5.92. The van der Waals surface area contributed by atoms with Crippen LogP contribution in [0.2, 0.25) is 0 Å². The van der Waals surface area contributed by atoms with Crippen LogP contribution >= 0.6 is 0 Å². The number of ether oxygens (including phenoxy) is 3. The molecule has 3 rings (SSSR count). The van der Waals surface area contributed by atoms with E-state index in [2.05, 4.69) is 20.6 Å². The van der Waals surface area contributed by atoms with E-state index in [9.17, 15) is 4.79 Å². The fourth-order valence-electron chi connectivity index (χ4n) is 2.64. The van der Waals surface area contributed by atoms with Crippen LogP contribution < -0.4 is 24.8 Å². The number of para-hydroxylation sites is 2. The molecule has 0 bridgehead atoms. The van der Waals surface area contributed by atoms with Crippen molar-refractivity contribution in [1.29, 1.82) is 0 Å². The van der Waals surface area contributed by atoms with Crippen LogP contribution in [0.1, 0.15) is 16.1 Å². The SMILES string of the molecule is COc1ccc(CNC(=O)c2cnc(Nc3ccccc3OC)[nH]2)c(OC)c1. The molecule has 8 nitrogen and oxygen atoms in total. The lowest BCUT2D eigenvalue weighted by Gasteiger charge is -2.11. The molecule has 0 aliphatic heterocycles. The molecule has 3 aromatic rings. The largest absolute Gasteiger partial charge is 0.497 e. The highest BCUT2D eigenvalue weighted by atomic mass is 16.5. The van der Waals surface area contributed by atoms with Crippen LogP contribution in [0.15, 0.2) is 48.7 Å². The zero-order valence-electron chi connectivity index (χ0n) is 15.9. The molecule has 1 aromatic heterocycles. The Morgan fingerprint density at radius 2 is 1.82 bits per heavy atom. The summed E-state index contributed by atoms with van der Waals surface area (Å²) in [6, 6.07) is 12.9. The zero-order valence-corrected chi connectivity index (χ0v) is 15.9. The predicted molar refractivity (Wildman–Crippen MR) is 106 cm³/mol. The molecule has 0 atom stereocenters. The second-order valence-corrected chi connectivity index (χ2v) is 5.83. The number of hydrogen-bond acceptors (Lipinski definition) is 6. The van der Waals surface area contributed by atoms with Gasteiger partial charge >= 0.3 is 0 Å². The molecular weight excluding hydrogens is 360 g/mol. The van der Waals surface area contributed by atoms with Gasteiger partial charge in [0, 0.05) is 18.2 Å². The second-order valence-electron chi connectivity index (χ2n) is 5.83. The summed E-state index contributed by atoms with van der Waals surface area (Å²) in [5, 5.41) is 5.94. The van der Waals surface area contributed by atoms with Crippen LogP contribution in [0, 0.1) is 0 Å². The number of benzene rings is 2. The van der Waals surface area contributed by atoms with Gasteiger partial charge in [-0.25, -0.2) is 4.98 Å². The predicted octanol–water partition coefficient (Wildman–Crippen LogP) is 3.11. The van der Waals surface area contributed by atoms with E-state index in [0.717, 1.165) is 11.3 Å². The number of carbonyl (C=O) groups is 1. The number of rotatable bonds is 8. The third-order valence-corrected chi connectivity index (χ3v) is 4.11. The smallest absolute Gasteiger partial charge is 0.269 e. The van der Waals surface area contributed by atoms with Gasteiger partial charge in [-0.05, 0) is 24.3 Å². The molecule has 146 valence electrons. The summed E-state index contributed by atoms with van der Waals surface area (Å²) < 4.78 is 15.8. The van der Waals surface area contributed by atoms with E-state index >= 15 is 0 Å². The first-order valence-corrected chi connectivity index (χ1v) is 8.58. The molecule has 1 heterocycles. The molecule has 0 fully saturated rings. The molecule has 8 heteroatoms. The normalized spacial score (nSPS) is 10.2. The molecule has 0 aliphatic carbocycles. The minimum absolute atomic E-state index is 0.279. The minimum atomic E-state index is -0.279. The Kier molecular flexibility index (Phi) is 6.01. The number of aromatic amines is 1. The Hall–Kier alpha value is -3.68. The Labute approximate surface area is 162 Å². The van der Waals surface area contributed by atoms with Gasteiger partial charge in [0.05, 0.1) is 33.2 Å². The van der Waals surface area contributed by atoms with Gasteiger partial charge < -0.3 is 29.8 Å². The van der Waals surface area contributed by atoms with Crippen molar-refractivity contribution in [3.63, 3.8) is 0 Å². The molecule has 0 saturated carbocycles. The quantitative estimate of drug-likeness (QED) is 0.554. The molecule has 0 radical (unpaired) electrons. The molecule has 28 heavy (non-hydrogen) atoms. The summed E-state index contributed by atoms with van der Waals surface area (Å²) in [7, 11) is 4.75. The summed E-state index contributed by atoms with van der Waals surface area (Å²) in [5.41, 5.74) is 1.92. The molecule has 0 saturated heterocycles. The van der Waals surface area contributed by atoms with E-state index in [1.165, 1.54) is 6.20 Å². The zero-order chi connectivity index (χ0) is 19.9. The van der Waals surface area contributed by atoms with Crippen molar-refractivity contribution >= 4 is 17.5 Å². The van der Waals surface area contributed by atoms with Crippen LogP contribution in [0.25, 0.3) is 0 Å². The van der Waals surface area contributed by atoms with Crippen molar-refractivity contribution in [2.45, 2.75) is 6.54 Å². The van der Waals surface area contributed by atoms with Crippen molar-refractivity contribution in [2.24, 2.45) is 0 Å². The van der Waals surface area contributed by atoms with E-state index in [-0.39, 0.29) is 5.91 Å². The standard InChI is InChI=1S/C20H22N4O4/c1-26-14-9-8-13(18(10-14)28-3)11-21-19(25)16-12-22-20(24-16)23-15-6-4-5-7-17(15)27-2/h4-10,12H,11H2,1-3H3,(H,21,25)(H2,22,23,24). The van der Waals surface area contributed by atoms with Gasteiger partial charge in [-0.1, -0.05) is 12.1 Å². The summed E-state index contributed by atoms with van der Waals surface area (Å²) in [4.78, 5) is 19.6. The molecule has 1 amide bonds. The average Bonchev–Trinajstić information content (AvgIpc) is 3.20. The fourth-order valence-corrected chi connectivity index (χ4v) is 2.64. The van der Waals surface area contributed by atoms with E-state index in [4.69, 9.17) is 14.2 Å². The summed E-state index contributed by atoms with van der Waals surface area (Å²) >= 11 is 0. The lowest BCUT2D eigenvalue weighted by molar-refractivity contribution is 0.0946. The lowest BCUT2D eigenvalue weighted by Crippen LogP contribution is -2.23. The Morgan fingerprint density at radius 1 is 1.04 bits per heavy atom. The van der Waals surface area contributed by atoms with Crippen LogP contribution in [0.5, 0.6) is 17.2 Å². The first-order valence-electron chi connectivity index (χ1n) is 8.58. The first-order chi connectivity index (χ1) is 13.6. The molecule has 3 N–H and O–H groups in total. The van der Waals surface area contributed by atoms with Gasteiger partial charge in [0.25, 0.3) is 5.91 Å². The third kappa shape index (κ3) is 4.35. The highest BCUT2D eigenvalue weighted by Crippen LogP contribution is 2.26. The average molecular weight is 382 g/mol. The van der Waals surface area contributed by atoms with E-state index in [0.29, 0.717) is 35.4 Å². The maximum absolute atomic E-state index is 12.4. The van der Waals surface area contributed by atoms with Crippen molar-refractivity contribution in [2.75, 3.05) is 26.6 Å². The van der Waals surface area contributed by atoms with E-state index < -0.39 is 0 Å². The van der Waals surface area contributed by atoms with Crippen molar-refractivity contribution in [3.8, 4) is 17.2 Å². The van der Waals surface area contributed by atoms with Gasteiger partial charge in [0.15, 0.2) is 0 Å². The maximum Gasteiger partial charge on any atom is 0.269 e. The summed E-state index contributed by atoms with van der Waals surface area (Å²) in [5.74, 6) is 2.17. The van der Waals surface area contributed by atoms with Crippen molar-refractivity contribution in [1.82, 2.24) is 15.3 Å². The third-order valence-electron chi connectivity index (χ3n) is 4.11. The number of carbonyl (C=O) groups excluding carboxylic acids is 1. The Morgan fingerprint density at radius 3 is 2.57 bits per heavy atom. The van der Waals surface area contributed by atoms with Crippen LogP contribution in [-0.4, -0.2) is 37.2 Å².